The van der Waals surface area contributed by atoms with Crippen LogP contribution >= 0.6 is 11.1 Å². The first kappa shape index (κ1) is 18.8. The van der Waals surface area contributed by atoms with Crippen molar-refractivity contribution in [2.45, 2.75) is 25.3 Å². The largest absolute Gasteiger partial charge is 0.446 e. The minimum absolute atomic E-state index is 0.0573. The van der Waals surface area contributed by atoms with Crippen molar-refractivity contribution in [3.8, 4) is 5.69 Å². The van der Waals surface area contributed by atoms with Gasteiger partial charge in [-0.25, -0.2) is 4.39 Å². The van der Waals surface area contributed by atoms with E-state index in [0.717, 1.165) is 0 Å². The van der Waals surface area contributed by atoms with Crippen LogP contribution in [0.15, 0.2) is 20.9 Å². The molecule has 1 saturated heterocycles. The van der Waals surface area contributed by atoms with Gasteiger partial charge >= 0.3 is 0 Å². The zero-order valence-corrected chi connectivity index (χ0v) is 16.8. The highest BCUT2D eigenvalue weighted by atomic mass is 32.2. The first-order valence-corrected chi connectivity index (χ1v) is 10.8. The number of carbonyl (C=O) groups excluding carboxylic acids is 2. The number of anilines is 1. The highest BCUT2D eigenvalue weighted by molar-refractivity contribution is 8.03. The molecule has 2 atom stereocenters. The molecule has 1 aliphatic carbocycles. The van der Waals surface area contributed by atoms with E-state index in [1.165, 1.54) is 10.6 Å². The number of hydrogen-bond acceptors (Lipinski definition) is 6. The summed E-state index contributed by atoms with van der Waals surface area (Å²) in [7, 11) is 0. The lowest BCUT2D eigenvalue weighted by Crippen LogP contribution is -2.28. The second-order valence-electron chi connectivity index (χ2n) is 7.92. The van der Waals surface area contributed by atoms with E-state index in [9.17, 15) is 17.9 Å². The van der Waals surface area contributed by atoms with Crippen molar-refractivity contribution in [3.63, 3.8) is 0 Å². The lowest BCUT2D eigenvalue weighted by Gasteiger charge is -2.27. The van der Waals surface area contributed by atoms with Crippen molar-refractivity contribution in [1.82, 2.24) is 4.57 Å². The molecule has 160 valence electrons. The Labute approximate surface area is 175 Å². The molecule has 4 heterocycles. The van der Waals surface area contributed by atoms with Crippen molar-refractivity contribution < 1.29 is 26.7 Å². The van der Waals surface area contributed by atoms with Gasteiger partial charge in [0.15, 0.2) is 17.2 Å². The summed E-state index contributed by atoms with van der Waals surface area (Å²) in [5.41, 5.74) is 6.21. The second-order valence-corrected chi connectivity index (χ2v) is 8.96. The Bertz CT molecular complexity index is 1420. The summed E-state index contributed by atoms with van der Waals surface area (Å²) >= 11 is -2.33. The van der Waals surface area contributed by atoms with Gasteiger partial charge in [-0.05, 0) is 25.0 Å². The van der Waals surface area contributed by atoms with Gasteiger partial charge in [-0.2, -0.15) is 8.79 Å². The van der Waals surface area contributed by atoms with Crippen LogP contribution in [0.5, 0.6) is 0 Å². The number of fused-ring (bicyclic) bond motifs is 4. The van der Waals surface area contributed by atoms with Crippen LogP contribution in [-0.4, -0.2) is 41.2 Å². The van der Waals surface area contributed by atoms with E-state index in [2.05, 4.69) is 4.40 Å². The molecule has 0 saturated carbocycles. The summed E-state index contributed by atoms with van der Waals surface area (Å²) in [5, 5.41) is 0.408. The van der Waals surface area contributed by atoms with Crippen LogP contribution in [0, 0.1) is 10.5 Å². The van der Waals surface area contributed by atoms with Crippen LogP contribution in [0.1, 0.15) is 34.7 Å². The minimum Gasteiger partial charge on any atom is -0.446 e. The molecule has 1 aromatic rings. The summed E-state index contributed by atoms with van der Waals surface area (Å²) in [5.74, 6) is -3.63. The molecule has 2 N–H and O–H groups in total. The van der Waals surface area contributed by atoms with Gasteiger partial charge in [-0.3, -0.25) is 14.2 Å². The van der Waals surface area contributed by atoms with Crippen LogP contribution in [-0.2, 0) is 11.2 Å². The van der Waals surface area contributed by atoms with Crippen LogP contribution < -0.4 is 10.6 Å². The van der Waals surface area contributed by atoms with Crippen molar-refractivity contribution in [1.29, 1.82) is 0 Å². The Balaban J connectivity index is 1.79. The first-order chi connectivity index (χ1) is 14.8. The van der Waals surface area contributed by atoms with Gasteiger partial charge in [0.25, 0.3) is 5.78 Å². The summed E-state index contributed by atoms with van der Waals surface area (Å²) in [6.07, 6.45) is 0.662. The third kappa shape index (κ3) is 2.47. The number of ketones is 2. The first-order valence-electron chi connectivity index (χ1n) is 9.75. The third-order valence-corrected chi connectivity index (χ3v) is 7.10. The lowest BCUT2D eigenvalue weighted by molar-refractivity contribution is -0.115. The van der Waals surface area contributed by atoms with E-state index in [0.29, 0.717) is 24.9 Å². The van der Waals surface area contributed by atoms with Crippen LogP contribution in [0.2, 0.25) is 0 Å². The molecule has 6 rings (SSSR count). The molecule has 11 heteroatoms. The molecule has 0 bridgehead atoms. The van der Waals surface area contributed by atoms with Gasteiger partial charge in [-0.15, -0.1) is 3.89 Å². The molecular formula is C20H15F3N4O3S. The summed E-state index contributed by atoms with van der Waals surface area (Å²) in [4.78, 5) is 26.3. The van der Waals surface area contributed by atoms with Gasteiger partial charge < -0.3 is 15.1 Å². The van der Waals surface area contributed by atoms with E-state index < -0.39 is 34.4 Å². The van der Waals surface area contributed by atoms with Gasteiger partial charge in [0.2, 0.25) is 11.7 Å². The number of pyridine rings is 1. The normalized spacial score (nSPS) is 23.1. The van der Waals surface area contributed by atoms with E-state index in [4.69, 9.17) is 10.2 Å². The minimum atomic E-state index is -2.33. The van der Waals surface area contributed by atoms with Crippen molar-refractivity contribution >= 4 is 45.2 Å². The number of Topliss-reactive ketones (excluding diaryl/α,β-unsaturated/α-hetero) is 2. The average Bonchev–Trinajstić information content (AvgIpc) is 3.29. The summed E-state index contributed by atoms with van der Waals surface area (Å²) < 4.78 is 55.2. The van der Waals surface area contributed by atoms with E-state index in [-0.39, 0.29) is 57.5 Å². The molecule has 0 spiro atoms. The molecule has 2 unspecified atom stereocenters. The number of carbonyl (C=O) groups is 2. The number of halogens is 3. The summed E-state index contributed by atoms with van der Waals surface area (Å²) in [6, 6.07) is 2.84. The smallest absolute Gasteiger partial charge is 0.265 e. The van der Waals surface area contributed by atoms with Gasteiger partial charge in [0.1, 0.15) is 21.4 Å². The molecule has 0 radical (unpaired) electrons. The maximum atomic E-state index is 15.7. The fourth-order valence-electron chi connectivity index (χ4n) is 4.61. The molecule has 1 aromatic carbocycles. The van der Waals surface area contributed by atoms with Crippen LogP contribution in [0.4, 0.5) is 18.4 Å². The third-order valence-electron chi connectivity index (χ3n) is 6.05. The van der Waals surface area contributed by atoms with E-state index in [1.54, 1.807) is 11.0 Å². The van der Waals surface area contributed by atoms with Crippen molar-refractivity contribution in [2.24, 2.45) is 10.1 Å². The fraction of sp³-hybridized carbons (Fsp3) is 0.300. The molecule has 31 heavy (non-hydrogen) atoms. The molecule has 7 nitrogen and oxygen atoms in total. The molecular weight excluding hydrogens is 433 g/mol. The Morgan fingerprint density at radius 2 is 2.03 bits per heavy atom. The fourth-order valence-corrected chi connectivity index (χ4v) is 5.61. The topological polar surface area (TPSA) is 93.8 Å². The second kappa shape index (κ2) is 6.30. The molecule has 4 aliphatic heterocycles. The Kier molecular flexibility index (Phi) is 3.82. The number of nitrogens with two attached hydrogens (primary N) is 1. The average molecular weight is 448 g/mol. The van der Waals surface area contributed by atoms with E-state index >= 15 is 4.39 Å². The van der Waals surface area contributed by atoms with Crippen LogP contribution in [0.3, 0.4) is 0 Å². The standard InChI is InChI=1S/C20H15F3N4O3S/c21-14-12(26-4-3-9(24)7-26)6-8-5-10-19(22)25-31(23)20(10)27-11-1-2-13(28)16(29)17(11)30-18(14)15(8)27/h5-6,9H,1-4,7,24H2. The van der Waals surface area contributed by atoms with Gasteiger partial charge in [0.05, 0.1) is 16.9 Å². The predicted molar refractivity (Wildman–Crippen MR) is 109 cm³/mol. The number of nitrogens with zero attached hydrogens (tertiary/aromatic N) is 3. The maximum Gasteiger partial charge on any atom is 0.265 e. The van der Waals surface area contributed by atoms with Gasteiger partial charge in [-0.1, -0.05) is 0 Å². The SMILES string of the molecule is NC1CCN(c2cc3cc4c(n5c6c(oc(c2F)c3-5)C(=O)C(=O)CC6)=S(F)N=C4F)C1. The highest BCUT2D eigenvalue weighted by Crippen LogP contribution is 2.43. The zero-order chi connectivity index (χ0) is 21.6. The zero-order valence-electron chi connectivity index (χ0n) is 16.0. The Morgan fingerprint density at radius 1 is 1.23 bits per heavy atom. The van der Waals surface area contributed by atoms with Gasteiger partial charge in [0, 0.05) is 30.9 Å². The molecule has 1 fully saturated rings. The highest BCUT2D eigenvalue weighted by Gasteiger charge is 2.36. The molecule has 0 aromatic heterocycles. The quantitative estimate of drug-likeness (QED) is 0.455. The predicted octanol–water partition coefficient (Wildman–Crippen LogP) is 3.37. The molecule has 5 aliphatic rings. The Hall–Kier alpha value is -2.92. The number of benzene rings is 1. The Morgan fingerprint density at radius 3 is 2.77 bits per heavy atom. The lowest BCUT2D eigenvalue weighted by atomic mass is 9.97. The number of hydrogen-bond donors (Lipinski definition) is 1. The van der Waals surface area contributed by atoms with Crippen LogP contribution in [0.25, 0.3) is 16.7 Å². The molecule has 0 amide bonds. The number of rotatable bonds is 1. The maximum absolute atomic E-state index is 15.7. The number of aromatic nitrogens is 1. The van der Waals surface area contributed by atoms with E-state index in [1.807, 2.05) is 0 Å². The van der Waals surface area contributed by atoms with Crippen molar-refractivity contribution in [3.05, 3.63) is 39.6 Å². The monoisotopic (exact) mass is 448 g/mol. The van der Waals surface area contributed by atoms with Crippen molar-refractivity contribution in [2.75, 3.05) is 18.0 Å². The summed E-state index contributed by atoms with van der Waals surface area (Å²) in [6.45, 7) is 0.936.